The van der Waals surface area contributed by atoms with E-state index in [1.807, 2.05) is 35.2 Å². The Kier molecular flexibility index (Phi) is 8.21. The first-order valence-electron chi connectivity index (χ1n) is 9.31. The van der Waals surface area contributed by atoms with Crippen LogP contribution in [0.5, 0.6) is 0 Å². The van der Waals surface area contributed by atoms with Gasteiger partial charge in [-0.1, -0.05) is 44.2 Å². The van der Waals surface area contributed by atoms with Gasteiger partial charge in [-0.25, -0.2) is 0 Å². The summed E-state index contributed by atoms with van der Waals surface area (Å²) < 4.78 is 5.15. The van der Waals surface area contributed by atoms with Gasteiger partial charge in [-0.3, -0.25) is 4.79 Å². The number of hydrogen-bond acceptors (Lipinski definition) is 5. The fourth-order valence-electron chi connectivity index (χ4n) is 2.99. The van der Waals surface area contributed by atoms with Gasteiger partial charge in [0.1, 0.15) is 0 Å². The van der Waals surface area contributed by atoms with Crippen LogP contribution in [0.25, 0.3) is 11.4 Å². The number of nitrogens with zero attached hydrogens (tertiary/aromatic N) is 5. The number of benzene rings is 1. The Morgan fingerprint density at radius 2 is 1.96 bits per heavy atom. The highest BCUT2D eigenvalue weighted by Crippen LogP contribution is 2.13. The molecule has 0 atom stereocenters. The number of aromatic nitrogens is 4. The summed E-state index contributed by atoms with van der Waals surface area (Å²) >= 11 is 0. The Hall–Kier alpha value is -2.28. The van der Waals surface area contributed by atoms with Crippen molar-refractivity contribution in [3.63, 3.8) is 0 Å². The minimum atomic E-state index is 0.166. The normalized spacial score (nSPS) is 11.1. The van der Waals surface area contributed by atoms with E-state index in [0.717, 1.165) is 18.4 Å². The van der Waals surface area contributed by atoms with E-state index in [9.17, 15) is 4.79 Å². The van der Waals surface area contributed by atoms with Crippen LogP contribution in [0.2, 0.25) is 0 Å². The van der Waals surface area contributed by atoms with Gasteiger partial charge in [0.25, 0.3) is 0 Å². The number of hydrogen-bond donors (Lipinski definition) is 0. The van der Waals surface area contributed by atoms with Crippen LogP contribution in [-0.2, 0) is 16.1 Å². The lowest BCUT2D eigenvalue weighted by atomic mass is 10.1. The van der Waals surface area contributed by atoms with Crippen molar-refractivity contribution < 1.29 is 9.53 Å². The minimum Gasteiger partial charge on any atom is -0.383 e. The maximum absolute atomic E-state index is 12.6. The largest absolute Gasteiger partial charge is 0.383 e. The van der Waals surface area contributed by atoms with Crippen LogP contribution in [0.15, 0.2) is 30.3 Å². The average molecular weight is 359 g/mol. The molecule has 1 heterocycles. The Balaban J connectivity index is 1.87. The third-order valence-electron chi connectivity index (χ3n) is 4.47. The summed E-state index contributed by atoms with van der Waals surface area (Å²) in [6.45, 7) is 6.01. The molecule has 0 saturated heterocycles. The molecule has 0 spiro atoms. The Labute approximate surface area is 155 Å². The van der Waals surface area contributed by atoms with Gasteiger partial charge in [-0.05, 0) is 24.5 Å². The van der Waals surface area contributed by atoms with E-state index in [2.05, 4.69) is 29.3 Å². The summed E-state index contributed by atoms with van der Waals surface area (Å²) in [6.07, 6.45) is 3.07. The predicted molar refractivity (Wildman–Crippen MR) is 100 cm³/mol. The Morgan fingerprint density at radius 1 is 1.23 bits per heavy atom. The number of amides is 1. The first-order chi connectivity index (χ1) is 12.7. The van der Waals surface area contributed by atoms with Gasteiger partial charge in [0.05, 0.1) is 13.2 Å². The lowest BCUT2D eigenvalue weighted by molar-refractivity contribution is -0.134. The van der Waals surface area contributed by atoms with Crippen LogP contribution in [0.4, 0.5) is 0 Å². The maximum atomic E-state index is 12.6. The molecule has 26 heavy (non-hydrogen) atoms. The van der Waals surface area contributed by atoms with Crippen molar-refractivity contribution in [2.45, 2.75) is 52.1 Å². The van der Waals surface area contributed by atoms with E-state index in [1.165, 1.54) is 0 Å². The highest BCUT2D eigenvalue weighted by atomic mass is 16.5. The second-order valence-corrected chi connectivity index (χ2v) is 6.23. The van der Waals surface area contributed by atoms with Crippen LogP contribution in [-0.4, -0.2) is 57.3 Å². The lowest BCUT2D eigenvalue weighted by Gasteiger charge is -2.30. The summed E-state index contributed by atoms with van der Waals surface area (Å²) in [6, 6.07) is 10.0. The van der Waals surface area contributed by atoms with Gasteiger partial charge in [-0.2, -0.15) is 4.80 Å². The molecule has 0 fully saturated rings. The quantitative estimate of drug-likeness (QED) is 0.617. The third-order valence-corrected chi connectivity index (χ3v) is 4.47. The molecule has 0 unspecified atom stereocenters. The zero-order valence-corrected chi connectivity index (χ0v) is 16.0. The summed E-state index contributed by atoms with van der Waals surface area (Å²) in [4.78, 5) is 16.1. The van der Waals surface area contributed by atoms with Gasteiger partial charge in [0.2, 0.25) is 11.7 Å². The van der Waals surface area contributed by atoms with Crippen molar-refractivity contribution >= 4 is 5.91 Å². The molecule has 7 heteroatoms. The smallest absolute Gasteiger partial charge is 0.222 e. The van der Waals surface area contributed by atoms with E-state index < -0.39 is 0 Å². The molecular weight excluding hydrogens is 330 g/mol. The molecule has 0 saturated carbocycles. The van der Waals surface area contributed by atoms with Gasteiger partial charge >= 0.3 is 0 Å². The molecule has 7 nitrogen and oxygen atoms in total. The average Bonchev–Trinajstić information content (AvgIpc) is 3.14. The first-order valence-corrected chi connectivity index (χ1v) is 9.31. The number of tetrazole rings is 1. The number of ether oxygens (including phenoxy) is 1. The molecule has 1 amide bonds. The van der Waals surface area contributed by atoms with Gasteiger partial charge in [0.15, 0.2) is 0 Å². The molecule has 0 aliphatic heterocycles. The molecule has 0 aliphatic carbocycles. The molecule has 0 N–H and O–H groups in total. The summed E-state index contributed by atoms with van der Waals surface area (Å²) in [5.41, 5.74) is 0.939. The summed E-state index contributed by atoms with van der Waals surface area (Å²) in [5.74, 6) is 0.773. The number of methoxy groups -OCH3 is 1. The molecule has 1 aromatic carbocycles. The van der Waals surface area contributed by atoms with Crippen LogP contribution in [0.3, 0.4) is 0 Å². The van der Waals surface area contributed by atoms with Gasteiger partial charge in [0, 0.05) is 31.7 Å². The zero-order chi connectivity index (χ0) is 18.8. The Bertz CT molecular complexity index is 655. The minimum absolute atomic E-state index is 0.166. The van der Waals surface area contributed by atoms with E-state index in [0.29, 0.717) is 38.4 Å². The van der Waals surface area contributed by atoms with Crippen molar-refractivity contribution in [1.29, 1.82) is 0 Å². The topological polar surface area (TPSA) is 73.1 Å². The molecule has 0 radical (unpaired) electrons. The summed E-state index contributed by atoms with van der Waals surface area (Å²) in [7, 11) is 1.66. The second kappa shape index (κ2) is 10.7. The van der Waals surface area contributed by atoms with E-state index in [4.69, 9.17) is 4.74 Å². The number of aryl methyl sites for hydroxylation is 1. The lowest BCUT2D eigenvalue weighted by Crippen LogP contribution is -2.41. The predicted octanol–water partition coefficient (Wildman–Crippen LogP) is 2.78. The van der Waals surface area contributed by atoms with Crippen molar-refractivity contribution in [1.82, 2.24) is 25.1 Å². The number of carbonyl (C=O) groups excluding carboxylic acids is 1. The SMILES string of the molecule is CCC(CC)N(CCOC)C(=O)CCCn1nnc(-c2ccccc2)n1. The zero-order valence-electron chi connectivity index (χ0n) is 16.0. The van der Waals surface area contributed by atoms with Gasteiger partial charge < -0.3 is 9.64 Å². The molecule has 142 valence electrons. The standard InChI is InChI=1S/C19H29N5O2/c1-4-17(5-2)23(14-15-26-3)18(25)12-9-13-24-21-19(20-22-24)16-10-7-6-8-11-16/h6-8,10-11,17H,4-5,9,12-15H2,1-3H3. The van der Waals surface area contributed by atoms with Crippen molar-refractivity contribution in [2.75, 3.05) is 20.3 Å². The van der Waals surface area contributed by atoms with Crippen LogP contribution in [0, 0.1) is 0 Å². The molecule has 1 aromatic heterocycles. The highest BCUT2D eigenvalue weighted by Gasteiger charge is 2.20. The van der Waals surface area contributed by atoms with E-state index in [-0.39, 0.29) is 11.9 Å². The number of rotatable bonds is 11. The van der Waals surface area contributed by atoms with Crippen molar-refractivity contribution in [2.24, 2.45) is 0 Å². The highest BCUT2D eigenvalue weighted by molar-refractivity contribution is 5.76. The van der Waals surface area contributed by atoms with Crippen molar-refractivity contribution in [3.05, 3.63) is 30.3 Å². The molecular formula is C19H29N5O2. The molecule has 2 rings (SSSR count). The number of carbonyl (C=O) groups is 1. The van der Waals surface area contributed by atoms with E-state index >= 15 is 0 Å². The van der Waals surface area contributed by atoms with Crippen molar-refractivity contribution in [3.8, 4) is 11.4 Å². The maximum Gasteiger partial charge on any atom is 0.222 e. The second-order valence-electron chi connectivity index (χ2n) is 6.23. The third kappa shape index (κ3) is 5.62. The molecule has 2 aromatic rings. The summed E-state index contributed by atoms with van der Waals surface area (Å²) in [5, 5.41) is 12.6. The van der Waals surface area contributed by atoms with Crippen LogP contribution < -0.4 is 0 Å². The Morgan fingerprint density at radius 3 is 2.62 bits per heavy atom. The monoisotopic (exact) mass is 359 g/mol. The van der Waals surface area contributed by atoms with Crippen LogP contribution >= 0.6 is 0 Å². The van der Waals surface area contributed by atoms with E-state index in [1.54, 1.807) is 11.9 Å². The first kappa shape index (κ1) is 20.0. The van der Waals surface area contributed by atoms with Gasteiger partial charge in [-0.15, -0.1) is 10.2 Å². The fourth-order valence-corrected chi connectivity index (χ4v) is 2.99. The van der Waals surface area contributed by atoms with Crippen LogP contribution in [0.1, 0.15) is 39.5 Å². The molecule has 0 bridgehead atoms. The molecule has 0 aliphatic rings. The fraction of sp³-hybridized carbons (Fsp3) is 0.579.